The van der Waals surface area contributed by atoms with Crippen LogP contribution in [0.1, 0.15) is 63.1 Å². The van der Waals surface area contributed by atoms with Crippen molar-refractivity contribution in [2.45, 2.75) is 64.3 Å². The summed E-state index contributed by atoms with van der Waals surface area (Å²) in [6.07, 6.45) is 8.11. The van der Waals surface area contributed by atoms with Gasteiger partial charge in [-0.3, -0.25) is 4.90 Å². The number of aryl methyl sites for hydroxylation is 1. The molecule has 1 fully saturated rings. The number of aromatic nitrogens is 3. The van der Waals surface area contributed by atoms with Crippen molar-refractivity contribution in [2.75, 3.05) is 32.0 Å². The number of nitrogen functional groups attached to an aromatic ring is 1. The van der Waals surface area contributed by atoms with Gasteiger partial charge in [-0.15, -0.1) is 0 Å². The standard InChI is InChI=1S/C21H32N6O2/c1-2-3-12-29-21-25-18-16(17(13-22)24-19(18)20(23)26-21)9-5-4-6-10-27-11-7-8-15(27)14-28/h15,24,28H,2-12,14H2,1H3,(H2,23,25,26). The van der Waals surface area contributed by atoms with Crippen molar-refractivity contribution in [1.29, 1.82) is 5.26 Å². The first kappa shape index (κ1) is 21.3. The second-order valence-corrected chi connectivity index (χ2v) is 7.73. The molecule has 2 aromatic rings. The van der Waals surface area contributed by atoms with Gasteiger partial charge in [-0.1, -0.05) is 19.8 Å². The van der Waals surface area contributed by atoms with Gasteiger partial charge in [0.15, 0.2) is 5.82 Å². The van der Waals surface area contributed by atoms with Crippen LogP contribution in [0.3, 0.4) is 0 Å². The maximum absolute atomic E-state index is 9.52. The number of fused-ring (bicyclic) bond motifs is 1. The smallest absolute Gasteiger partial charge is 0.319 e. The molecule has 29 heavy (non-hydrogen) atoms. The van der Waals surface area contributed by atoms with Gasteiger partial charge < -0.3 is 20.6 Å². The van der Waals surface area contributed by atoms with Gasteiger partial charge in [0.2, 0.25) is 0 Å². The van der Waals surface area contributed by atoms with E-state index in [0.29, 0.717) is 35.2 Å². The van der Waals surface area contributed by atoms with Crippen LogP contribution in [0.5, 0.6) is 6.01 Å². The molecule has 0 saturated carbocycles. The fraction of sp³-hybridized carbons (Fsp3) is 0.667. The molecule has 158 valence electrons. The zero-order chi connectivity index (χ0) is 20.6. The van der Waals surface area contributed by atoms with E-state index in [9.17, 15) is 10.4 Å². The zero-order valence-corrected chi connectivity index (χ0v) is 17.3. The molecule has 0 amide bonds. The zero-order valence-electron chi connectivity index (χ0n) is 17.3. The predicted molar refractivity (Wildman–Crippen MR) is 113 cm³/mol. The van der Waals surface area contributed by atoms with Crippen LogP contribution in [-0.4, -0.2) is 57.3 Å². The van der Waals surface area contributed by atoms with Crippen LogP contribution in [-0.2, 0) is 6.42 Å². The Labute approximate surface area is 172 Å². The van der Waals surface area contributed by atoms with Crippen LogP contribution in [0, 0.1) is 11.3 Å². The van der Waals surface area contributed by atoms with Crippen molar-refractivity contribution in [1.82, 2.24) is 19.9 Å². The number of ether oxygens (including phenoxy) is 1. The third-order valence-electron chi connectivity index (χ3n) is 5.68. The van der Waals surface area contributed by atoms with E-state index in [0.717, 1.165) is 63.6 Å². The van der Waals surface area contributed by atoms with E-state index in [1.807, 2.05) is 0 Å². The lowest BCUT2D eigenvalue weighted by molar-refractivity contribution is 0.157. The first-order valence-corrected chi connectivity index (χ1v) is 10.7. The highest BCUT2D eigenvalue weighted by molar-refractivity contribution is 5.89. The summed E-state index contributed by atoms with van der Waals surface area (Å²) in [5.41, 5.74) is 8.78. The van der Waals surface area contributed by atoms with Gasteiger partial charge >= 0.3 is 6.01 Å². The monoisotopic (exact) mass is 400 g/mol. The van der Waals surface area contributed by atoms with Gasteiger partial charge in [-0.05, 0) is 51.6 Å². The van der Waals surface area contributed by atoms with Crippen LogP contribution in [0.15, 0.2) is 0 Å². The summed E-state index contributed by atoms with van der Waals surface area (Å²) in [6.45, 7) is 5.01. The Morgan fingerprint density at radius 2 is 2.17 bits per heavy atom. The Bertz CT molecular complexity index is 844. The number of likely N-dealkylation sites (tertiary alicyclic amines) is 1. The van der Waals surface area contributed by atoms with Crippen molar-refractivity contribution in [3.05, 3.63) is 11.3 Å². The molecule has 8 heteroatoms. The average molecular weight is 401 g/mol. The number of nitrogens with one attached hydrogen (secondary N) is 1. The summed E-state index contributed by atoms with van der Waals surface area (Å²) in [5, 5.41) is 19.0. The van der Waals surface area contributed by atoms with E-state index >= 15 is 0 Å². The maximum Gasteiger partial charge on any atom is 0.319 e. The molecule has 0 spiro atoms. The highest BCUT2D eigenvalue weighted by Gasteiger charge is 2.23. The van der Waals surface area contributed by atoms with Crippen LogP contribution >= 0.6 is 0 Å². The molecule has 0 aromatic carbocycles. The number of hydrogen-bond acceptors (Lipinski definition) is 7. The third kappa shape index (κ3) is 5.17. The Morgan fingerprint density at radius 3 is 2.93 bits per heavy atom. The average Bonchev–Trinajstić information content (AvgIpc) is 3.32. The largest absolute Gasteiger partial charge is 0.463 e. The number of H-pyrrole nitrogens is 1. The van der Waals surface area contributed by atoms with E-state index in [1.165, 1.54) is 6.42 Å². The lowest BCUT2D eigenvalue weighted by Gasteiger charge is -2.22. The SMILES string of the molecule is CCCCOc1nc(N)c2[nH]c(C#N)c(CCCCCN3CCCC3CO)c2n1. The normalized spacial score (nSPS) is 17.1. The van der Waals surface area contributed by atoms with Gasteiger partial charge in [0.1, 0.15) is 22.8 Å². The fourth-order valence-corrected chi connectivity index (χ4v) is 4.02. The van der Waals surface area contributed by atoms with Crippen LogP contribution < -0.4 is 10.5 Å². The van der Waals surface area contributed by atoms with Crippen molar-refractivity contribution < 1.29 is 9.84 Å². The van der Waals surface area contributed by atoms with Crippen molar-refractivity contribution in [3.63, 3.8) is 0 Å². The molecular formula is C21H32N6O2. The number of nitrogens with zero attached hydrogens (tertiary/aromatic N) is 4. The first-order chi connectivity index (χ1) is 14.2. The minimum absolute atomic E-state index is 0.255. The molecule has 1 aliphatic heterocycles. The van der Waals surface area contributed by atoms with Gasteiger partial charge in [0.05, 0.1) is 13.2 Å². The first-order valence-electron chi connectivity index (χ1n) is 10.7. The third-order valence-corrected chi connectivity index (χ3v) is 5.68. The van der Waals surface area contributed by atoms with E-state index in [4.69, 9.17) is 10.5 Å². The van der Waals surface area contributed by atoms with Gasteiger partial charge in [0.25, 0.3) is 0 Å². The number of unbranched alkanes of at least 4 members (excludes halogenated alkanes) is 3. The molecule has 1 atom stereocenters. The van der Waals surface area contributed by atoms with Crippen LogP contribution in [0.25, 0.3) is 11.0 Å². The molecular weight excluding hydrogens is 368 g/mol. The summed E-state index contributed by atoms with van der Waals surface area (Å²) < 4.78 is 5.63. The Hall–Kier alpha value is -2.37. The Kier molecular flexibility index (Phi) is 7.67. The molecule has 3 heterocycles. The number of aliphatic hydroxyl groups is 1. The molecule has 3 rings (SSSR count). The Morgan fingerprint density at radius 1 is 1.31 bits per heavy atom. The second kappa shape index (κ2) is 10.4. The predicted octanol–water partition coefficient (Wildman–Crippen LogP) is 2.76. The van der Waals surface area contributed by atoms with E-state index < -0.39 is 0 Å². The van der Waals surface area contributed by atoms with Crippen molar-refractivity contribution >= 4 is 16.9 Å². The van der Waals surface area contributed by atoms with Gasteiger partial charge in [0, 0.05) is 11.6 Å². The maximum atomic E-state index is 9.52. The second-order valence-electron chi connectivity index (χ2n) is 7.73. The molecule has 8 nitrogen and oxygen atoms in total. The van der Waals surface area contributed by atoms with E-state index in [-0.39, 0.29) is 12.6 Å². The van der Waals surface area contributed by atoms with Crippen molar-refractivity contribution in [2.24, 2.45) is 0 Å². The number of hydrogen-bond donors (Lipinski definition) is 3. The molecule has 4 N–H and O–H groups in total. The highest BCUT2D eigenvalue weighted by Crippen LogP contribution is 2.27. The molecule has 1 saturated heterocycles. The molecule has 2 aromatic heterocycles. The highest BCUT2D eigenvalue weighted by atomic mass is 16.5. The van der Waals surface area contributed by atoms with E-state index in [2.05, 4.69) is 32.8 Å². The van der Waals surface area contributed by atoms with Gasteiger partial charge in [-0.25, -0.2) is 0 Å². The number of nitriles is 1. The molecule has 0 bridgehead atoms. The van der Waals surface area contributed by atoms with Crippen LogP contribution in [0.4, 0.5) is 5.82 Å². The molecule has 1 unspecified atom stereocenters. The lowest BCUT2D eigenvalue weighted by atomic mass is 10.1. The molecule has 1 aliphatic rings. The number of anilines is 1. The summed E-state index contributed by atoms with van der Waals surface area (Å²) in [4.78, 5) is 14.2. The molecule has 0 aliphatic carbocycles. The summed E-state index contributed by atoms with van der Waals surface area (Å²) in [7, 11) is 0. The topological polar surface area (TPSA) is 124 Å². The van der Waals surface area contributed by atoms with Gasteiger partial charge in [-0.2, -0.15) is 15.2 Å². The van der Waals surface area contributed by atoms with Crippen molar-refractivity contribution in [3.8, 4) is 12.1 Å². The summed E-state index contributed by atoms with van der Waals surface area (Å²) in [5.74, 6) is 0.313. The number of nitrogens with two attached hydrogens (primary N) is 1. The quantitative estimate of drug-likeness (QED) is 0.495. The number of rotatable bonds is 11. The summed E-state index contributed by atoms with van der Waals surface area (Å²) >= 11 is 0. The number of aromatic amines is 1. The fourth-order valence-electron chi connectivity index (χ4n) is 4.02. The minimum Gasteiger partial charge on any atom is -0.463 e. The van der Waals surface area contributed by atoms with E-state index in [1.54, 1.807) is 0 Å². The number of aliphatic hydroxyl groups excluding tert-OH is 1. The molecule has 0 radical (unpaired) electrons. The Balaban J connectivity index is 1.62. The lowest BCUT2D eigenvalue weighted by Crippen LogP contribution is -2.32. The minimum atomic E-state index is 0.255. The van der Waals surface area contributed by atoms with Crippen LogP contribution in [0.2, 0.25) is 0 Å². The summed E-state index contributed by atoms with van der Waals surface area (Å²) in [6, 6.07) is 2.84.